The second-order valence-corrected chi connectivity index (χ2v) is 8.65. The van der Waals surface area contributed by atoms with Gasteiger partial charge in [0.05, 0.1) is 29.3 Å². The molecule has 31 heavy (non-hydrogen) atoms. The van der Waals surface area contributed by atoms with E-state index in [-0.39, 0.29) is 23.1 Å². The van der Waals surface area contributed by atoms with E-state index in [0.717, 1.165) is 0 Å². The molecule has 0 saturated carbocycles. The molecule has 9 heteroatoms. The first-order valence-electron chi connectivity index (χ1n) is 9.59. The summed E-state index contributed by atoms with van der Waals surface area (Å²) in [6.45, 7) is 4.49. The number of ether oxygens (including phenoxy) is 1. The van der Waals surface area contributed by atoms with Crippen LogP contribution < -0.4 is 10.9 Å². The Labute approximate surface area is 188 Å². The molecule has 0 bridgehead atoms. The number of nitrogens with one attached hydrogen (secondary N) is 1. The molecular weight excluding hydrogens is 438 g/mol. The van der Waals surface area contributed by atoms with Crippen LogP contribution in [-0.4, -0.2) is 34.3 Å². The average Bonchev–Trinajstić information content (AvgIpc) is 2.74. The largest absolute Gasteiger partial charge is 0.465 e. The predicted octanol–water partition coefficient (Wildman–Crippen LogP) is 4.22. The Balaban J connectivity index is 1.77. The van der Waals surface area contributed by atoms with Crippen LogP contribution in [0, 0.1) is 5.92 Å². The minimum Gasteiger partial charge on any atom is -0.465 e. The van der Waals surface area contributed by atoms with Crippen molar-refractivity contribution in [3.63, 3.8) is 0 Å². The van der Waals surface area contributed by atoms with Crippen molar-refractivity contribution in [2.24, 2.45) is 5.92 Å². The number of anilines is 1. The highest BCUT2D eigenvalue weighted by Crippen LogP contribution is 2.21. The van der Waals surface area contributed by atoms with Crippen LogP contribution in [-0.2, 0) is 16.1 Å². The van der Waals surface area contributed by atoms with Crippen molar-refractivity contribution in [3.05, 3.63) is 63.4 Å². The molecule has 0 aliphatic carbocycles. The van der Waals surface area contributed by atoms with Crippen molar-refractivity contribution in [3.8, 4) is 0 Å². The van der Waals surface area contributed by atoms with Crippen LogP contribution in [0.3, 0.4) is 0 Å². The van der Waals surface area contributed by atoms with Gasteiger partial charge in [-0.25, -0.2) is 9.78 Å². The fourth-order valence-electron chi connectivity index (χ4n) is 2.94. The lowest BCUT2D eigenvalue weighted by atomic mass is 10.2. The molecule has 2 aromatic carbocycles. The topological polar surface area (TPSA) is 90.3 Å². The second-order valence-electron chi connectivity index (χ2n) is 7.27. The first-order valence-corrected chi connectivity index (χ1v) is 11.0. The SMILES string of the molecule is COC(=O)c1ccc(NC(=O)CSc2nc3ccc(Cl)cc3c(=O)n2CC(C)C)cc1. The molecule has 0 unspecified atom stereocenters. The second kappa shape index (κ2) is 9.98. The summed E-state index contributed by atoms with van der Waals surface area (Å²) in [7, 11) is 1.31. The normalized spacial score (nSPS) is 11.0. The number of nitrogens with zero attached hydrogens (tertiary/aromatic N) is 2. The van der Waals surface area contributed by atoms with E-state index in [1.807, 2.05) is 13.8 Å². The van der Waals surface area contributed by atoms with Crippen LogP contribution in [0.1, 0.15) is 24.2 Å². The smallest absolute Gasteiger partial charge is 0.337 e. The zero-order chi connectivity index (χ0) is 22.5. The summed E-state index contributed by atoms with van der Waals surface area (Å²) in [4.78, 5) is 41.5. The molecule has 3 rings (SSSR count). The lowest BCUT2D eigenvalue weighted by Crippen LogP contribution is -2.26. The molecule has 0 aliphatic heterocycles. The maximum Gasteiger partial charge on any atom is 0.337 e. The quantitative estimate of drug-likeness (QED) is 0.323. The van der Waals surface area contributed by atoms with Gasteiger partial charge in [0.1, 0.15) is 0 Å². The number of rotatable bonds is 7. The number of amides is 1. The van der Waals surface area contributed by atoms with Crippen LogP contribution in [0.5, 0.6) is 0 Å². The highest BCUT2D eigenvalue weighted by atomic mass is 35.5. The number of methoxy groups -OCH3 is 1. The summed E-state index contributed by atoms with van der Waals surface area (Å²) < 4.78 is 6.25. The van der Waals surface area contributed by atoms with Gasteiger partial charge in [-0.05, 0) is 48.4 Å². The van der Waals surface area contributed by atoms with Crippen LogP contribution in [0.4, 0.5) is 5.69 Å². The van der Waals surface area contributed by atoms with Gasteiger partial charge in [0.15, 0.2) is 5.16 Å². The molecule has 1 heterocycles. The molecule has 1 N–H and O–H groups in total. The number of halogens is 1. The maximum atomic E-state index is 13.0. The number of carbonyl (C=O) groups excluding carboxylic acids is 2. The maximum absolute atomic E-state index is 13.0. The molecule has 0 fully saturated rings. The number of fused-ring (bicyclic) bond motifs is 1. The molecule has 1 aromatic heterocycles. The fraction of sp³-hybridized carbons (Fsp3) is 0.273. The third kappa shape index (κ3) is 5.65. The van der Waals surface area contributed by atoms with Gasteiger partial charge >= 0.3 is 5.97 Å². The van der Waals surface area contributed by atoms with E-state index in [0.29, 0.717) is 38.9 Å². The van der Waals surface area contributed by atoms with Crippen LogP contribution >= 0.6 is 23.4 Å². The monoisotopic (exact) mass is 459 g/mol. The van der Waals surface area contributed by atoms with Crippen LogP contribution in [0.2, 0.25) is 5.02 Å². The van der Waals surface area contributed by atoms with Gasteiger partial charge in [0.25, 0.3) is 5.56 Å². The van der Waals surface area contributed by atoms with E-state index < -0.39 is 5.97 Å². The van der Waals surface area contributed by atoms with Crippen LogP contribution in [0.15, 0.2) is 52.4 Å². The third-order valence-electron chi connectivity index (χ3n) is 4.35. The molecule has 0 aliphatic rings. The standard InChI is InChI=1S/C22H22ClN3O4S/c1-13(2)11-26-20(28)17-10-15(23)6-9-18(17)25-22(26)31-12-19(27)24-16-7-4-14(5-8-16)21(29)30-3/h4-10,13H,11-12H2,1-3H3,(H,24,27). The molecule has 7 nitrogen and oxygen atoms in total. The minimum absolute atomic E-state index is 0.0718. The van der Waals surface area contributed by atoms with E-state index in [1.54, 1.807) is 47.0 Å². The molecule has 1 amide bonds. The Morgan fingerprint density at radius 1 is 1.19 bits per heavy atom. The van der Waals surface area contributed by atoms with Gasteiger partial charge in [0.2, 0.25) is 5.91 Å². The van der Waals surface area contributed by atoms with Gasteiger partial charge in [-0.1, -0.05) is 37.2 Å². The summed E-state index contributed by atoms with van der Waals surface area (Å²) >= 11 is 7.24. The summed E-state index contributed by atoms with van der Waals surface area (Å²) in [6.07, 6.45) is 0. The van der Waals surface area contributed by atoms with Gasteiger partial charge < -0.3 is 10.1 Å². The Bertz CT molecular complexity index is 1180. The molecule has 3 aromatic rings. The van der Waals surface area contributed by atoms with Crippen molar-refractivity contribution in [2.45, 2.75) is 25.5 Å². The Hall–Kier alpha value is -2.84. The Morgan fingerprint density at radius 3 is 2.55 bits per heavy atom. The predicted molar refractivity (Wildman–Crippen MR) is 123 cm³/mol. The fourth-order valence-corrected chi connectivity index (χ4v) is 3.92. The molecule has 0 radical (unpaired) electrons. The number of esters is 1. The van der Waals surface area contributed by atoms with Gasteiger partial charge in [0, 0.05) is 17.3 Å². The molecule has 0 saturated heterocycles. The third-order valence-corrected chi connectivity index (χ3v) is 5.56. The zero-order valence-electron chi connectivity index (χ0n) is 17.3. The molecule has 162 valence electrons. The van der Waals surface area contributed by atoms with Gasteiger partial charge in [-0.3, -0.25) is 14.2 Å². The van der Waals surface area contributed by atoms with Crippen molar-refractivity contribution >= 4 is 51.8 Å². The first-order chi connectivity index (χ1) is 14.8. The summed E-state index contributed by atoms with van der Waals surface area (Å²) in [5.41, 5.74) is 1.31. The molecular formula is C22H22ClN3O4S. The summed E-state index contributed by atoms with van der Waals surface area (Å²) in [5, 5.41) is 4.17. The number of hydrogen-bond donors (Lipinski definition) is 1. The number of benzene rings is 2. The Morgan fingerprint density at radius 2 is 1.90 bits per heavy atom. The lowest BCUT2D eigenvalue weighted by molar-refractivity contribution is -0.113. The van der Waals surface area contributed by atoms with E-state index in [1.165, 1.54) is 18.9 Å². The number of carbonyl (C=O) groups is 2. The van der Waals surface area contributed by atoms with E-state index in [2.05, 4.69) is 15.0 Å². The number of aromatic nitrogens is 2. The number of thioether (sulfide) groups is 1. The summed E-state index contributed by atoms with van der Waals surface area (Å²) in [6, 6.07) is 11.4. The van der Waals surface area contributed by atoms with Crippen LogP contribution in [0.25, 0.3) is 10.9 Å². The zero-order valence-corrected chi connectivity index (χ0v) is 18.9. The lowest BCUT2D eigenvalue weighted by Gasteiger charge is -2.15. The van der Waals surface area contributed by atoms with Crippen molar-refractivity contribution < 1.29 is 14.3 Å². The average molecular weight is 460 g/mol. The summed E-state index contributed by atoms with van der Waals surface area (Å²) in [5.74, 6) is -0.405. The highest BCUT2D eigenvalue weighted by Gasteiger charge is 2.15. The Kier molecular flexibility index (Phi) is 7.35. The van der Waals surface area contributed by atoms with Crippen molar-refractivity contribution in [1.82, 2.24) is 9.55 Å². The van der Waals surface area contributed by atoms with Gasteiger partial charge in [-0.15, -0.1) is 0 Å². The van der Waals surface area contributed by atoms with E-state index >= 15 is 0 Å². The van der Waals surface area contributed by atoms with Crippen molar-refractivity contribution in [2.75, 3.05) is 18.2 Å². The van der Waals surface area contributed by atoms with E-state index in [4.69, 9.17) is 11.6 Å². The minimum atomic E-state index is -0.444. The van der Waals surface area contributed by atoms with Gasteiger partial charge in [-0.2, -0.15) is 0 Å². The molecule has 0 atom stereocenters. The first kappa shape index (κ1) is 22.8. The number of hydrogen-bond acceptors (Lipinski definition) is 6. The molecule has 0 spiro atoms. The van der Waals surface area contributed by atoms with E-state index in [9.17, 15) is 14.4 Å². The van der Waals surface area contributed by atoms with Crippen molar-refractivity contribution in [1.29, 1.82) is 0 Å². The highest BCUT2D eigenvalue weighted by molar-refractivity contribution is 7.99.